The van der Waals surface area contributed by atoms with Gasteiger partial charge in [0, 0.05) is 16.2 Å². The number of ketones is 1. The van der Waals surface area contributed by atoms with Gasteiger partial charge in [0.1, 0.15) is 11.3 Å². The first-order valence-electron chi connectivity index (χ1n) is 7.00. The van der Waals surface area contributed by atoms with Crippen LogP contribution in [0.15, 0.2) is 57.4 Å². The standard InChI is InChI=1S/C18H12O3S2/c1-22-18-15(16(20)14-7-4-8-23-14)12-9-13(19)10-5-2-3-6-11(10)17(12)21-18/h2-9,19H,1H3. The first-order chi connectivity index (χ1) is 11.2. The molecule has 3 nitrogen and oxygen atoms in total. The Labute approximate surface area is 140 Å². The van der Waals surface area contributed by atoms with E-state index in [0.29, 0.717) is 26.5 Å². The van der Waals surface area contributed by atoms with Gasteiger partial charge in [0.25, 0.3) is 0 Å². The van der Waals surface area contributed by atoms with E-state index in [1.807, 2.05) is 42.0 Å². The van der Waals surface area contributed by atoms with Crippen LogP contribution in [0.3, 0.4) is 0 Å². The van der Waals surface area contributed by atoms with E-state index in [9.17, 15) is 9.90 Å². The minimum absolute atomic E-state index is 0.0715. The molecule has 5 heteroatoms. The normalized spacial score (nSPS) is 11.3. The molecule has 0 aliphatic rings. The number of thioether (sulfide) groups is 1. The van der Waals surface area contributed by atoms with Crippen LogP contribution in [0, 0.1) is 0 Å². The summed E-state index contributed by atoms with van der Waals surface area (Å²) in [6.07, 6.45) is 1.88. The fraction of sp³-hybridized carbons (Fsp3) is 0.0556. The summed E-state index contributed by atoms with van der Waals surface area (Å²) in [7, 11) is 0. The van der Waals surface area contributed by atoms with Crippen molar-refractivity contribution in [3.05, 3.63) is 58.3 Å². The van der Waals surface area contributed by atoms with Crippen molar-refractivity contribution in [2.45, 2.75) is 5.09 Å². The second kappa shape index (κ2) is 5.44. The molecule has 0 radical (unpaired) electrons. The Morgan fingerprint density at radius 3 is 2.61 bits per heavy atom. The van der Waals surface area contributed by atoms with Crippen LogP contribution in [-0.2, 0) is 0 Å². The molecule has 2 aromatic carbocycles. The summed E-state index contributed by atoms with van der Waals surface area (Å²) in [5, 5.41) is 15.0. The molecule has 0 fully saturated rings. The van der Waals surface area contributed by atoms with Crippen molar-refractivity contribution in [3.8, 4) is 5.75 Å². The summed E-state index contributed by atoms with van der Waals surface area (Å²) >= 11 is 2.80. The number of aromatic hydroxyl groups is 1. The summed E-state index contributed by atoms with van der Waals surface area (Å²) in [4.78, 5) is 13.5. The molecule has 23 heavy (non-hydrogen) atoms. The molecule has 0 aliphatic carbocycles. The van der Waals surface area contributed by atoms with E-state index >= 15 is 0 Å². The number of fused-ring (bicyclic) bond motifs is 3. The summed E-state index contributed by atoms with van der Waals surface area (Å²) in [5.74, 6) is 0.0829. The molecule has 0 aliphatic heterocycles. The molecule has 2 heterocycles. The Bertz CT molecular complexity index is 1030. The molecule has 0 spiro atoms. The molecule has 114 valence electrons. The molecular formula is C18H12O3S2. The van der Waals surface area contributed by atoms with Gasteiger partial charge in [0.15, 0.2) is 5.09 Å². The van der Waals surface area contributed by atoms with Crippen molar-refractivity contribution >= 4 is 50.6 Å². The molecule has 2 aromatic heterocycles. The number of benzene rings is 2. The second-order valence-corrected chi connectivity index (χ2v) is 6.82. The SMILES string of the molecule is CSc1oc2c(cc(O)c3ccccc32)c1C(=O)c1cccs1. The van der Waals surface area contributed by atoms with E-state index in [4.69, 9.17) is 4.42 Å². The van der Waals surface area contributed by atoms with Crippen LogP contribution in [-0.4, -0.2) is 17.1 Å². The summed E-state index contributed by atoms with van der Waals surface area (Å²) in [6, 6.07) is 12.8. The molecule has 0 bridgehead atoms. The van der Waals surface area contributed by atoms with Crippen molar-refractivity contribution in [3.63, 3.8) is 0 Å². The Hall–Kier alpha value is -2.24. The largest absolute Gasteiger partial charge is 0.507 e. The maximum Gasteiger partial charge on any atom is 0.208 e. The van der Waals surface area contributed by atoms with Crippen molar-refractivity contribution < 1.29 is 14.3 Å². The average Bonchev–Trinajstić information content (AvgIpc) is 3.22. The molecule has 1 N–H and O–H groups in total. The predicted molar refractivity (Wildman–Crippen MR) is 94.9 cm³/mol. The lowest BCUT2D eigenvalue weighted by Crippen LogP contribution is -1.98. The molecule has 0 amide bonds. The van der Waals surface area contributed by atoms with Crippen molar-refractivity contribution in [1.29, 1.82) is 0 Å². The zero-order chi connectivity index (χ0) is 16.0. The minimum atomic E-state index is -0.0715. The van der Waals surface area contributed by atoms with Gasteiger partial charge in [0.2, 0.25) is 5.78 Å². The number of hydrogen-bond donors (Lipinski definition) is 1. The molecule has 4 rings (SSSR count). The zero-order valence-corrected chi connectivity index (χ0v) is 13.8. The summed E-state index contributed by atoms with van der Waals surface area (Å²) in [6.45, 7) is 0. The van der Waals surface area contributed by atoms with Crippen LogP contribution >= 0.6 is 23.1 Å². The molecule has 0 unspecified atom stereocenters. The maximum absolute atomic E-state index is 12.9. The van der Waals surface area contributed by atoms with Gasteiger partial charge in [-0.05, 0) is 23.8 Å². The van der Waals surface area contributed by atoms with E-state index in [2.05, 4.69) is 0 Å². The Morgan fingerprint density at radius 2 is 1.91 bits per heavy atom. The van der Waals surface area contributed by atoms with Gasteiger partial charge in [-0.25, -0.2) is 0 Å². The van der Waals surface area contributed by atoms with Crippen LogP contribution in [0.1, 0.15) is 15.2 Å². The van der Waals surface area contributed by atoms with Gasteiger partial charge in [-0.15, -0.1) is 11.3 Å². The quantitative estimate of drug-likeness (QED) is 0.406. The third kappa shape index (κ3) is 2.16. The highest BCUT2D eigenvalue weighted by molar-refractivity contribution is 7.98. The Balaban J connectivity index is 2.09. The topological polar surface area (TPSA) is 50.4 Å². The van der Waals surface area contributed by atoms with Gasteiger partial charge in [-0.2, -0.15) is 0 Å². The first kappa shape index (κ1) is 14.4. The average molecular weight is 340 g/mol. The van der Waals surface area contributed by atoms with E-state index in [-0.39, 0.29) is 11.5 Å². The number of carbonyl (C=O) groups excluding carboxylic acids is 1. The summed E-state index contributed by atoms with van der Waals surface area (Å²) < 4.78 is 5.97. The number of rotatable bonds is 3. The van der Waals surface area contributed by atoms with Crippen LogP contribution < -0.4 is 0 Å². The number of hydrogen-bond acceptors (Lipinski definition) is 5. The van der Waals surface area contributed by atoms with Crippen LogP contribution in [0.25, 0.3) is 21.7 Å². The number of thiophene rings is 1. The number of carbonyl (C=O) groups is 1. The lowest BCUT2D eigenvalue weighted by molar-refractivity contribution is 0.103. The lowest BCUT2D eigenvalue weighted by Gasteiger charge is -2.02. The first-order valence-corrected chi connectivity index (χ1v) is 9.10. The smallest absolute Gasteiger partial charge is 0.208 e. The van der Waals surface area contributed by atoms with Gasteiger partial charge in [-0.3, -0.25) is 4.79 Å². The van der Waals surface area contributed by atoms with Crippen LogP contribution in [0.4, 0.5) is 0 Å². The minimum Gasteiger partial charge on any atom is -0.507 e. The van der Waals surface area contributed by atoms with Gasteiger partial charge < -0.3 is 9.52 Å². The van der Waals surface area contributed by atoms with E-state index in [1.165, 1.54) is 23.1 Å². The van der Waals surface area contributed by atoms with Gasteiger partial charge >= 0.3 is 0 Å². The lowest BCUT2D eigenvalue weighted by atomic mass is 10.0. The molecular weight excluding hydrogens is 328 g/mol. The van der Waals surface area contributed by atoms with Crippen LogP contribution in [0.5, 0.6) is 5.75 Å². The summed E-state index contributed by atoms with van der Waals surface area (Å²) in [5.41, 5.74) is 1.17. The van der Waals surface area contributed by atoms with Crippen LogP contribution in [0.2, 0.25) is 0 Å². The molecule has 0 atom stereocenters. The van der Waals surface area contributed by atoms with E-state index in [0.717, 1.165) is 10.8 Å². The number of phenolic OH excluding ortho intramolecular Hbond substituents is 1. The number of phenols is 1. The Morgan fingerprint density at radius 1 is 1.13 bits per heavy atom. The van der Waals surface area contributed by atoms with Gasteiger partial charge in [-0.1, -0.05) is 42.1 Å². The highest BCUT2D eigenvalue weighted by Crippen LogP contribution is 2.40. The Kier molecular flexibility index (Phi) is 3.39. The second-order valence-electron chi connectivity index (χ2n) is 5.09. The van der Waals surface area contributed by atoms with Gasteiger partial charge in [0.05, 0.1) is 10.4 Å². The monoisotopic (exact) mass is 340 g/mol. The third-order valence-electron chi connectivity index (χ3n) is 3.80. The highest BCUT2D eigenvalue weighted by atomic mass is 32.2. The zero-order valence-electron chi connectivity index (χ0n) is 12.2. The molecule has 0 saturated heterocycles. The molecule has 4 aromatic rings. The fourth-order valence-corrected chi connectivity index (χ4v) is 4.01. The van der Waals surface area contributed by atoms with Crippen molar-refractivity contribution in [1.82, 2.24) is 0 Å². The fourth-order valence-electron chi connectivity index (χ4n) is 2.77. The predicted octanol–water partition coefficient (Wildman–Crippen LogP) is 5.31. The van der Waals surface area contributed by atoms with Crippen molar-refractivity contribution in [2.24, 2.45) is 0 Å². The van der Waals surface area contributed by atoms with E-state index in [1.54, 1.807) is 12.1 Å². The highest BCUT2D eigenvalue weighted by Gasteiger charge is 2.24. The van der Waals surface area contributed by atoms with E-state index < -0.39 is 0 Å². The maximum atomic E-state index is 12.9. The number of furan rings is 1. The molecule has 0 saturated carbocycles. The van der Waals surface area contributed by atoms with Crippen molar-refractivity contribution in [2.75, 3.05) is 6.26 Å². The third-order valence-corrected chi connectivity index (χ3v) is 5.33.